The van der Waals surface area contributed by atoms with Crippen LogP contribution in [0.1, 0.15) is 42.4 Å². The van der Waals surface area contributed by atoms with E-state index in [4.69, 9.17) is 4.84 Å². The molecule has 1 saturated carbocycles. The molecule has 0 bridgehead atoms. The topological polar surface area (TPSA) is 125 Å². The van der Waals surface area contributed by atoms with Crippen LogP contribution in [0.15, 0.2) is 64.4 Å². The van der Waals surface area contributed by atoms with Gasteiger partial charge in [-0.1, -0.05) is 40.8 Å². The number of aliphatic hydroxyl groups excluding tert-OH is 1. The van der Waals surface area contributed by atoms with E-state index >= 15 is 0 Å². The standard InChI is InChI=1S/C24H29N5O4S2/c1-35(32)19-11-9-16(10-12-19)21(29-33-18-7-2-3-8-18)23(31)28-24-27-15-20(34-24)22(30)26-14-17-6-4-5-13-25-17/h4-6,9-12,15,18,22,25-26,30H,2-3,7-8,13-14H2,1H3,(H,27,28,31)/b29-21+. The molecule has 2 atom stereocenters. The van der Waals surface area contributed by atoms with Crippen LogP contribution in [0, 0.1) is 0 Å². The molecular formula is C24H29N5O4S2. The lowest BCUT2D eigenvalue weighted by atomic mass is 10.1. The van der Waals surface area contributed by atoms with Crippen LogP contribution in [0.25, 0.3) is 0 Å². The van der Waals surface area contributed by atoms with Gasteiger partial charge < -0.3 is 15.3 Å². The van der Waals surface area contributed by atoms with Crippen LogP contribution in [0.2, 0.25) is 0 Å². The van der Waals surface area contributed by atoms with Crippen molar-refractivity contribution in [3.05, 3.63) is 64.8 Å². The number of nitrogens with one attached hydrogen (secondary N) is 3. The van der Waals surface area contributed by atoms with Gasteiger partial charge in [-0.2, -0.15) is 0 Å². The molecule has 2 aromatic rings. The molecule has 2 heterocycles. The van der Waals surface area contributed by atoms with Crippen molar-refractivity contribution in [1.29, 1.82) is 0 Å². The molecule has 1 aromatic carbocycles. The Bertz CT molecular complexity index is 1140. The first-order chi connectivity index (χ1) is 17.0. The summed E-state index contributed by atoms with van der Waals surface area (Å²) >= 11 is 1.17. The third-order valence-electron chi connectivity index (χ3n) is 5.65. The van der Waals surface area contributed by atoms with Crippen LogP contribution in [0.3, 0.4) is 0 Å². The largest absolute Gasteiger partial charge is 0.392 e. The Morgan fingerprint density at radius 3 is 2.80 bits per heavy atom. The molecule has 0 saturated heterocycles. The molecule has 4 rings (SSSR count). The fraction of sp³-hybridized carbons (Fsp3) is 0.375. The summed E-state index contributed by atoms with van der Waals surface area (Å²) in [5.74, 6) is -0.472. The number of anilines is 1. The predicted octanol–water partition coefficient (Wildman–Crippen LogP) is 2.81. The van der Waals surface area contributed by atoms with E-state index in [1.54, 1.807) is 30.5 Å². The van der Waals surface area contributed by atoms with Crippen molar-refractivity contribution < 1.29 is 18.9 Å². The van der Waals surface area contributed by atoms with E-state index in [0.29, 0.717) is 27.0 Å². The molecule has 0 spiro atoms. The predicted molar refractivity (Wildman–Crippen MR) is 138 cm³/mol. The lowest BCUT2D eigenvalue weighted by molar-refractivity contribution is -0.110. The summed E-state index contributed by atoms with van der Waals surface area (Å²) in [4.78, 5) is 24.3. The number of aromatic nitrogens is 1. The Morgan fingerprint density at radius 2 is 2.11 bits per heavy atom. The fourth-order valence-corrected chi connectivity index (χ4v) is 5.00. The SMILES string of the molecule is CS(=O)c1ccc(/C(=N\OC2CCCC2)C(=O)Nc2ncc(C(O)NCC3=CC=CCN3)s2)cc1. The van der Waals surface area contributed by atoms with E-state index < -0.39 is 22.9 Å². The number of hydrogen-bond donors (Lipinski definition) is 4. The molecule has 4 N–H and O–H groups in total. The highest BCUT2D eigenvalue weighted by molar-refractivity contribution is 7.84. The Balaban J connectivity index is 1.43. The summed E-state index contributed by atoms with van der Waals surface area (Å²) in [6.45, 7) is 1.23. The number of allylic oxidation sites excluding steroid dienone is 2. The molecule has 2 aliphatic rings. The molecule has 9 nitrogen and oxygen atoms in total. The summed E-state index contributed by atoms with van der Waals surface area (Å²) in [5, 5.41) is 24.0. The van der Waals surface area contributed by atoms with Crippen molar-refractivity contribution in [3.8, 4) is 0 Å². The average Bonchev–Trinajstić information content (AvgIpc) is 3.56. The van der Waals surface area contributed by atoms with Crippen LogP contribution in [-0.2, 0) is 20.4 Å². The van der Waals surface area contributed by atoms with Gasteiger partial charge in [0.2, 0.25) is 0 Å². The van der Waals surface area contributed by atoms with Crippen LogP contribution in [-0.4, -0.2) is 51.4 Å². The van der Waals surface area contributed by atoms with Crippen LogP contribution in [0.4, 0.5) is 5.13 Å². The summed E-state index contributed by atoms with van der Waals surface area (Å²) in [5.41, 5.74) is 1.64. The minimum atomic E-state index is -1.12. The monoisotopic (exact) mass is 515 g/mol. The first-order valence-electron chi connectivity index (χ1n) is 11.5. The number of carbonyl (C=O) groups is 1. The van der Waals surface area contributed by atoms with Crippen molar-refractivity contribution in [2.24, 2.45) is 5.16 Å². The van der Waals surface area contributed by atoms with Gasteiger partial charge in [0.25, 0.3) is 5.91 Å². The second-order valence-corrected chi connectivity index (χ2v) is 10.7. The zero-order valence-corrected chi connectivity index (χ0v) is 21.0. The summed E-state index contributed by atoms with van der Waals surface area (Å²) in [7, 11) is -1.12. The van der Waals surface area contributed by atoms with Gasteiger partial charge in [-0.25, -0.2) is 4.98 Å². The maximum atomic E-state index is 13.1. The van der Waals surface area contributed by atoms with Gasteiger partial charge in [-0.05, 0) is 43.9 Å². The minimum absolute atomic E-state index is 0.00262. The molecule has 35 heavy (non-hydrogen) atoms. The summed E-state index contributed by atoms with van der Waals surface area (Å²) in [6, 6.07) is 6.83. The van der Waals surface area contributed by atoms with Crippen LogP contribution >= 0.6 is 11.3 Å². The highest BCUT2D eigenvalue weighted by Gasteiger charge is 2.21. The number of nitrogens with zero attached hydrogens (tertiary/aromatic N) is 2. The number of carbonyl (C=O) groups excluding carboxylic acids is 1. The summed E-state index contributed by atoms with van der Waals surface area (Å²) in [6.07, 6.45) is 12.1. The fourth-order valence-electron chi connectivity index (χ4n) is 3.71. The number of aliphatic hydroxyl groups is 1. The first-order valence-corrected chi connectivity index (χ1v) is 13.8. The quantitative estimate of drug-likeness (QED) is 0.218. The maximum absolute atomic E-state index is 13.1. The number of oxime groups is 1. The van der Waals surface area contributed by atoms with E-state index in [1.165, 1.54) is 17.5 Å². The molecule has 1 aliphatic carbocycles. The maximum Gasteiger partial charge on any atom is 0.280 e. The second-order valence-electron chi connectivity index (χ2n) is 8.24. The highest BCUT2D eigenvalue weighted by Crippen LogP contribution is 2.24. The van der Waals surface area contributed by atoms with Crippen molar-refractivity contribution in [2.75, 3.05) is 24.7 Å². The van der Waals surface area contributed by atoms with Crippen molar-refractivity contribution >= 4 is 38.9 Å². The van der Waals surface area contributed by atoms with Gasteiger partial charge in [0.05, 0.1) is 4.88 Å². The normalized spacial score (nSPS) is 18.0. The van der Waals surface area contributed by atoms with Gasteiger partial charge in [-0.3, -0.25) is 19.6 Å². The van der Waals surface area contributed by atoms with E-state index in [-0.39, 0.29) is 11.8 Å². The van der Waals surface area contributed by atoms with Gasteiger partial charge in [0.1, 0.15) is 12.3 Å². The Hall–Kier alpha value is -2.86. The van der Waals surface area contributed by atoms with Gasteiger partial charge in [0.15, 0.2) is 10.8 Å². The Labute approximate surface area is 210 Å². The molecule has 0 radical (unpaired) electrons. The van der Waals surface area contributed by atoms with Gasteiger partial charge >= 0.3 is 0 Å². The second kappa shape index (κ2) is 12.2. The third-order valence-corrected chi connectivity index (χ3v) is 7.55. The smallest absolute Gasteiger partial charge is 0.280 e. The molecule has 1 aromatic heterocycles. The van der Waals surface area contributed by atoms with Gasteiger partial charge in [0, 0.05) is 52.5 Å². The van der Waals surface area contributed by atoms with Crippen molar-refractivity contribution in [3.63, 3.8) is 0 Å². The molecule has 11 heteroatoms. The number of benzene rings is 1. The van der Waals surface area contributed by atoms with Crippen LogP contribution in [0.5, 0.6) is 0 Å². The van der Waals surface area contributed by atoms with Crippen molar-refractivity contribution in [2.45, 2.75) is 42.9 Å². The average molecular weight is 516 g/mol. The zero-order valence-electron chi connectivity index (χ0n) is 19.4. The van der Waals surface area contributed by atoms with E-state index in [9.17, 15) is 14.1 Å². The number of hydrogen-bond acceptors (Lipinski definition) is 9. The van der Waals surface area contributed by atoms with E-state index in [0.717, 1.165) is 37.9 Å². The number of dihydropyridines is 1. The Kier molecular flexibility index (Phi) is 8.80. The highest BCUT2D eigenvalue weighted by atomic mass is 32.2. The molecule has 1 aliphatic heterocycles. The molecule has 1 amide bonds. The lowest BCUT2D eigenvalue weighted by Gasteiger charge is -2.15. The first kappa shape index (κ1) is 25.2. The molecule has 186 valence electrons. The van der Waals surface area contributed by atoms with Crippen molar-refractivity contribution in [1.82, 2.24) is 15.6 Å². The Morgan fingerprint density at radius 1 is 1.34 bits per heavy atom. The lowest BCUT2D eigenvalue weighted by Crippen LogP contribution is -2.29. The zero-order chi connectivity index (χ0) is 24.6. The molecule has 2 unspecified atom stereocenters. The molecule has 1 fully saturated rings. The van der Waals surface area contributed by atoms with Crippen LogP contribution < -0.4 is 16.0 Å². The minimum Gasteiger partial charge on any atom is -0.392 e. The number of thiazole rings is 1. The summed E-state index contributed by atoms with van der Waals surface area (Å²) < 4.78 is 11.7. The van der Waals surface area contributed by atoms with Gasteiger partial charge in [-0.15, -0.1) is 0 Å². The van der Waals surface area contributed by atoms with E-state index in [2.05, 4.69) is 26.1 Å². The number of rotatable bonds is 10. The third kappa shape index (κ3) is 7.07. The molecular weight excluding hydrogens is 486 g/mol. The van der Waals surface area contributed by atoms with E-state index in [1.807, 2.05) is 18.2 Å². The number of amides is 1.